The first-order chi connectivity index (χ1) is 5.70. The molecule has 0 bridgehead atoms. The SMILES string of the molecule is NCC(CN)N1C(=O)CNC1=O. The van der Waals surface area contributed by atoms with Crippen molar-refractivity contribution < 1.29 is 9.59 Å². The summed E-state index contributed by atoms with van der Waals surface area (Å²) in [6.07, 6.45) is 0. The van der Waals surface area contributed by atoms with E-state index in [1.807, 2.05) is 0 Å². The van der Waals surface area contributed by atoms with Crippen LogP contribution in [0.5, 0.6) is 0 Å². The van der Waals surface area contributed by atoms with Gasteiger partial charge in [0, 0.05) is 13.1 Å². The number of rotatable bonds is 3. The van der Waals surface area contributed by atoms with E-state index in [2.05, 4.69) is 5.32 Å². The number of hydrogen-bond acceptors (Lipinski definition) is 4. The second-order valence-corrected chi connectivity index (χ2v) is 2.55. The molecule has 1 aliphatic rings. The van der Waals surface area contributed by atoms with E-state index in [4.69, 9.17) is 11.5 Å². The zero-order valence-corrected chi connectivity index (χ0v) is 6.62. The van der Waals surface area contributed by atoms with Crippen molar-refractivity contribution in [3.05, 3.63) is 0 Å². The Morgan fingerprint density at radius 1 is 1.42 bits per heavy atom. The highest BCUT2D eigenvalue weighted by atomic mass is 16.2. The van der Waals surface area contributed by atoms with Gasteiger partial charge in [0.15, 0.2) is 0 Å². The summed E-state index contributed by atoms with van der Waals surface area (Å²) >= 11 is 0. The summed E-state index contributed by atoms with van der Waals surface area (Å²) in [6.45, 7) is 0.459. The van der Waals surface area contributed by atoms with Crippen molar-refractivity contribution in [1.29, 1.82) is 0 Å². The molecule has 1 aliphatic heterocycles. The van der Waals surface area contributed by atoms with Crippen LogP contribution in [0.4, 0.5) is 4.79 Å². The summed E-state index contributed by atoms with van der Waals surface area (Å²) in [7, 11) is 0. The Balaban J connectivity index is 2.70. The molecule has 0 atom stereocenters. The van der Waals surface area contributed by atoms with Gasteiger partial charge in [-0.2, -0.15) is 0 Å². The molecule has 1 rings (SSSR count). The second-order valence-electron chi connectivity index (χ2n) is 2.55. The van der Waals surface area contributed by atoms with Gasteiger partial charge in [-0.25, -0.2) is 4.79 Å². The number of imide groups is 1. The van der Waals surface area contributed by atoms with Crippen LogP contribution in [0.3, 0.4) is 0 Å². The summed E-state index contributed by atoms with van der Waals surface area (Å²) in [5, 5.41) is 2.39. The minimum absolute atomic E-state index is 0.0509. The summed E-state index contributed by atoms with van der Waals surface area (Å²) in [5.74, 6) is -0.263. The maximum absolute atomic E-state index is 11.1. The molecular formula is C6H12N4O2. The molecule has 6 nitrogen and oxygen atoms in total. The standard InChI is InChI=1S/C6H12N4O2/c7-1-4(2-8)10-5(11)3-9-6(10)12/h4H,1-3,7-8H2,(H,9,12). The van der Waals surface area contributed by atoms with Crippen LogP contribution in [0.2, 0.25) is 0 Å². The van der Waals surface area contributed by atoms with E-state index in [0.29, 0.717) is 0 Å². The third-order valence-electron chi connectivity index (χ3n) is 1.79. The van der Waals surface area contributed by atoms with E-state index in [9.17, 15) is 9.59 Å². The molecule has 1 heterocycles. The lowest BCUT2D eigenvalue weighted by molar-refractivity contribution is -0.126. The largest absolute Gasteiger partial charge is 0.329 e. The van der Waals surface area contributed by atoms with Crippen LogP contribution >= 0.6 is 0 Å². The number of nitrogens with one attached hydrogen (secondary N) is 1. The first-order valence-electron chi connectivity index (χ1n) is 3.70. The van der Waals surface area contributed by atoms with Gasteiger partial charge < -0.3 is 16.8 Å². The van der Waals surface area contributed by atoms with Crippen LogP contribution in [-0.2, 0) is 4.79 Å². The second kappa shape index (κ2) is 3.51. The van der Waals surface area contributed by atoms with Gasteiger partial charge >= 0.3 is 6.03 Å². The molecular weight excluding hydrogens is 160 g/mol. The highest BCUT2D eigenvalue weighted by Gasteiger charge is 2.33. The predicted molar refractivity (Wildman–Crippen MR) is 42.1 cm³/mol. The maximum Gasteiger partial charge on any atom is 0.324 e. The van der Waals surface area contributed by atoms with Gasteiger partial charge in [0.1, 0.15) is 0 Å². The van der Waals surface area contributed by atoms with E-state index >= 15 is 0 Å². The Labute approximate surface area is 69.9 Å². The zero-order valence-electron chi connectivity index (χ0n) is 6.62. The number of urea groups is 1. The molecule has 68 valence electrons. The quantitative estimate of drug-likeness (QED) is 0.421. The average Bonchev–Trinajstić information content (AvgIpc) is 2.38. The molecule has 0 aromatic heterocycles. The van der Waals surface area contributed by atoms with Crippen molar-refractivity contribution in [2.24, 2.45) is 11.5 Å². The fourth-order valence-electron chi connectivity index (χ4n) is 1.11. The van der Waals surface area contributed by atoms with Crippen LogP contribution in [0.25, 0.3) is 0 Å². The van der Waals surface area contributed by atoms with E-state index in [1.165, 1.54) is 0 Å². The third kappa shape index (κ3) is 1.39. The Kier molecular flexibility index (Phi) is 2.61. The molecule has 0 radical (unpaired) electrons. The number of nitrogens with zero attached hydrogens (tertiary/aromatic N) is 1. The number of hydrogen-bond donors (Lipinski definition) is 3. The zero-order chi connectivity index (χ0) is 9.14. The molecule has 1 fully saturated rings. The number of nitrogens with two attached hydrogens (primary N) is 2. The van der Waals surface area contributed by atoms with Crippen LogP contribution in [0, 0.1) is 0 Å². The van der Waals surface area contributed by atoms with Gasteiger partial charge in [0.2, 0.25) is 5.91 Å². The van der Waals surface area contributed by atoms with Crippen molar-refractivity contribution in [3.8, 4) is 0 Å². The van der Waals surface area contributed by atoms with Gasteiger partial charge in [-0.3, -0.25) is 9.69 Å². The number of carbonyl (C=O) groups excluding carboxylic acids is 2. The maximum atomic E-state index is 11.1. The fourth-order valence-corrected chi connectivity index (χ4v) is 1.11. The summed E-state index contributed by atoms with van der Waals surface area (Å²) in [6, 6.07) is -0.777. The molecule has 0 saturated carbocycles. The lowest BCUT2D eigenvalue weighted by atomic mass is 10.2. The lowest BCUT2D eigenvalue weighted by Gasteiger charge is -2.21. The Hall–Kier alpha value is -1.14. The van der Waals surface area contributed by atoms with Crippen molar-refractivity contribution in [3.63, 3.8) is 0 Å². The van der Waals surface area contributed by atoms with Crippen LogP contribution in [0.15, 0.2) is 0 Å². The average molecular weight is 172 g/mol. The third-order valence-corrected chi connectivity index (χ3v) is 1.79. The predicted octanol–water partition coefficient (Wildman–Crippen LogP) is -2.18. The van der Waals surface area contributed by atoms with E-state index < -0.39 is 6.03 Å². The summed E-state index contributed by atoms with van der Waals surface area (Å²) in [4.78, 5) is 23.2. The van der Waals surface area contributed by atoms with Crippen molar-refractivity contribution in [2.45, 2.75) is 6.04 Å². The molecule has 0 aliphatic carbocycles. The monoisotopic (exact) mass is 172 g/mol. The van der Waals surface area contributed by atoms with Gasteiger partial charge in [-0.15, -0.1) is 0 Å². The van der Waals surface area contributed by atoms with Crippen molar-refractivity contribution in [1.82, 2.24) is 10.2 Å². The number of carbonyl (C=O) groups is 2. The van der Waals surface area contributed by atoms with Gasteiger partial charge in [-0.05, 0) is 0 Å². The Bertz CT molecular complexity index is 186. The van der Waals surface area contributed by atoms with Crippen LogP contribution < -0.4 is 16.8 Å². The molecule has 12 heavy (non-hydrogen) atoms. The Morgan fingerprint density at radius 3 is 2.33 bits per heavy atom. The fraction of sp³-hybridized carbons (Fsp3) is 0.667. The molecule has 6 heteroatoms. The highest BCUT2D eigenvalue weighted by Crippen LogP contribution is 2.03. The Morgan fingerprint density at radius 2 is 2.00 bits per heavy atom. The highest BCUT2D eigenvalue weighted by molar-refractivity contribution is 6.02. The van der Waals surface area contributed by atoms with Gasteiger partial charge in [0.25, 0.3) is 0 Å². The van der Waals surface area contributed by atoms with E-state index in [1.54, 1.807) is 0 Å². The molecule has 5 N–H and O–H groups in total. The molecule has 0 unspecified atom stereocenters. The first kappa shape index (κ1) is 8.95. The molecule has 1 saturated heterocycles. The molecule has 0 aromatic rings. The summed E-state index contributed by atoms with van der Waals surface area (Å²) in [5.41, 5.74) is 10.7. The topological polar surface area (TPSA) is 101 Å². The smallest absolute Gasteiger partial charge is 0.324 e. The van der Waals surface area contributed by atoms with Gasteiger partial charge in [0.05, 0.1) is 12.6 Å². The molecule has 0 spiro atoms. The molecule has 0 aromatic carbocycles. The van der Waals surface area contributed by atoms with Gasteiger partial charge in [-0.1, -0.05) is 0 Å². The van der Waals surface area contributed by atoms with E-state index in [0.717, 1.165) is 4.90 Å². The molecule has 3 amide bonds. The van der Waals surface area contributed by atoms with Crippen molar-refractivity contribution in [2.75, 3.05) is 19.6 Å². The van der Waals surface area contributed by atoms with E-state index in [-0.39, 0.29) is 31.6 Å². The minimum Gasteiger partial charge on any atom is -0.329 e. The van der Waals surface area contributed by atoms with Crippen LogP contribution in [0.1, 0.15) is 0 Å². The van der Waals surface area contributed by atoms with Crippen molar-refractivity contribution >= 4 is 11.9 Å². The van der Waals surface area contributed by atoms with Crippen LogP contribution in [-0.4, -0.2) is 42.5 Å². The normalized spacial score (nSPS) is 17.4. The first-order valence-corrected chi connectivity index (χ1v) is 3.70. The summed E-state index contributed by atoms with van der Waals surface area (Å²) < 4.78 is 0. The lowest BCUT2D eigenvalue weighted by Crippen LogP contribution is -2.48. The minimum atomic E-state index is -0.402. The number of amides is 3.